The number of hydrogen-bond donors (Lipinski definition) is 2. The SMILES string of the molecule is CCCS(=O)(=O)N1CCC(NC(=S)NC2CCCCC2C)CC1. The number of hydrogen-bond acceptors (Lipinski definition) is 3. The Bertz CT molecular complexity index is 488. The highest BCUT2D eigenvalue weighted by molar-refractivity contribution is 7.89. The molecule has 7 heteroatoms. The van der Waals surface area contributed by atoms with Gasteiger partial charge in [-0.3, -0.25) is 0 Å². The van der Waals surface area contributed by atoms with Crippen LogP contribution in [0.4, 0.5) is 0 Å². The van der Waals surface area contributed by atoms with Gasteiger partial charge in [0.05, 0.1) is 5.75 Å². The molecule has 0 bridgehead atoms. The lowest BCUT2D eigenvalue weighted by molar-refractivity contribution is 0.295. The normalized spacial score (nSPS) is 27.6. The fraction of sp³-hybridized carbons (Fsp3) is 0.938. The van der Waals surface area contributed by atoms with Crippen molar-refractivity contribution in [2.75, 3.05) is 18.8 Å². The van der Waals surface area contributed by atoms with Crippen LogP contribution < -0.4 is 10.6 Å². The first kappa shape index (κ1) is 18.9. The van der Waals surface area contributed by atoms with Crippen molar-refractivity contribution in [3.63, 3.8) is 0 Å². The third-order valence-corrected chi connectivity index (χ3v) is 7.38. The fourth-order valence-corrected chi connectivity index (χ4v) is 5.45. The smallest absolute Gasteiger partial charge is 0.214 e. The van der Waals surface area contributed by atoms with Crippen molar-refractivity contribution in [1.82, 2.24) is 14.9 Å². The second-order valence-electron chi connectivity index (χ2n) is 6.98. The minimum atomic E-state index is -3.06. The Hall–Kier alpha value is -0.400. The monoisotopic (exact) mass is 361 g/mol. The lowest BCUT2D eigenvalue weighted by atomic mass is 9.86. The lowest BCUT2D eigenvalue weighted by Gasteiger charge is -2.34. The molecular weight excluding hydrogens is 330 g/mol. The topological polar surface area (TPSA) is 61.4 Å². The Balaban J connectivity index is 1.74. The summed E-state index contributed by atoms with van der Waals surface area (Å²) in [7, 11) is -3.06. The maximum absolute atomic E-state index is 12.1. The van der Waals surface area contributed by atoms with Gasteiger partial charge in [0.25, 0.3) is 0 Å². The van der Waals surface area contributed by atoms with Crippen LogP contribution in [0.2, 0.25) is 0 Å². The van der Waals surface area contributed by atoms with E-state index in [-0.39, 0.29) is 11.8 Å². The van der Waals surface area contributed by atoms with E-state index >= 15 is 0 Å². The molecule has 2 N–H and O–H groups in total. The third-order valence-electron chi connectivity index (χ3n) is 5.07. The first-order valence-electron chi connectivity index (χ1n) is 8.97. The van der Waals surface area contributed by atoms with E-state index in [1.54, 1.807) is 4.31 Å². The van der Waals surface area contributed by atoms with Gasteiger partial charge in [0, 0.05) is 25.2 Å². The van der Waals surface area contributed by atoms with Crippen LogP contribution in [-0.4, -0.2) is 48.8 Å². The van der Waals surface area contributed by atoms with E-state index < -0.39 is 10.0 Å². The van der Waals surface area contributed by atoms with Crippen LogP contribution in [0, 0.1) is 5.92 Å². The summed E-state index contributed by atoms with van der Waals surface area (Å²) in [6, 6.07) is 0.760. The average molecular weight is 362 g/mol. The van der Waals surface area contributed by atoms with E-state index in [0.717, 1.165) is 18.0 Å². The van der Waals surface area contributed by atoms with Gasteiger partial charge in [0.2, 0.25) is 10.0 Å². The predicted octanol–water partition coefficient (Wildman–Crippen LogP) is 2.23. The molecule has 5 nitrogen and oxygen atoms in total. The van der Waals surface area contributed by atoms with Crippen LogP contribution in [0.3, 0.4) is 0 Å². The molecule has 1 aliphatic heterocycles. The van der Waals surface area contributed by atoms with Gasteiger partial charge >= 0.3 is 0 Å². The zero-order valence-corrected chi connectivity index (χ0v) is 16.0. The van der Waals surface area contributed by atoms with Crippen molar-refractivity contribution in [2.24, 2.45) is 5.92 Å². The lowest BCUT2D eigenvalue weighted by Crippen LogP contribution is -2.52. The highest BCUT2D eigenvalue weighted by atomic mass is 32.2. The molecule has 1 aliphatic carbocycles. The summed E-state index contributed by atoms with van der Waals surface area (Å²) in [5, 5.41) is 7.59. The zero-order valence-electron chi connectivity index (χ0n) is 14.4. The van der Waals surface area contributed by atoms with Crippen molar-refractivity contribution >= 4 is 27.4 Å². The average Bonchev–Trinajstić information content (AvgIpc) is 2.50. The molecular formula is C16H31N3O2S2. The van der Waals surface area contributed by atoms with E-state index in [9.17, 15) is 8.42 Å². The van der Waals surface area contributed by atoms with Crippen LogP contribution in [-0.2, 0) is 10.0 Å². The number of sulfonamides is 1. The van der Waals surface area contributed by atoms with Gasteiger partial charge in [-0.15, -0.1) is 0 Å². The highest BCUT2D eigenvalue weighted by Crippen LogP contribution is 2.23. The van der Waals surface area contributed by atoms with Crippen molar-refractivity contribution < 1.29 is 8.42 Å². The number of nitrogens with one attached hydrogen (secondary N) is 2. The van der Waals surface area contributed by atoms with Crippen LogP contribution >= 0.6 is 12.2 Å². The first-order valence-corrected chi connectivity index (χ1v) is 11.0. The van der Waals surface area contributed by atoms with Gasteiger partial charge in [0.15, 0.2) is 5.11 Å². The van der Waals surface area contributed by atoms with Crippen molar-refractivity contribution in [3.8, 4) is 0 Å². The summed E-state index contributed by atoms with van der Waals surface area (Å²) in [4.78, 5) is 0. The molecule has 0 radical (unpaired) electrons. The summed E-state index contributed by atoms with van der Waals surface area (Å²) in [6.45, 7) is 5.39. The van der Waals surface area contributed by atoms with Gasteiger partial charge in [-0.2, -0.15) is 0 Å². The van der Waals surface area contributed by atoms with Gasteiger partial charge < -0.3 is 10.6 Å². The van der Waals surface area contributed by atoms with Crippen LogP contribution in [0.25, 0.3) is 0 Å². The van der Waals surface area contributed by atoms with Gasteiger partial charge in [-0.25, -0.2) is 12.7 Å². The fourth-order valence-electron chi connectivity index (χ4n) is 3.59. The molecule has 1 saturated heterocycles. The predicted molar refractivity (Wildman–Crippen MR) is 99.0 cm³/mol. The Labute approximate surface area is 146 Å². The van der Waals surface area contributed by atoms with E-state index in [1.807, 2.05) is 6.92 Å². The minimum Gasteiger partial charge on any atom is -0.360 e. The van der Waals surface area contributed by atoms with Gasteiger partial charge in [0.1, 0.15) is 0 Å². The second-order valence-corrected chi connectivity index (χ2v) is 9.47. The summed E-state index contributed by atoms with van der Waals surface area (Å²) in [6.07, 6.45) is 7.39. The minimum absolute atomic E-state index is 0.255. The molecule has 1 saturated carbocycles. The molecule has 1 heterocycles. The number of nitrogens with zero attached hydrogens (tertiary/aromatic N) is 1. The molecule has 23 heavy (non-hydrogen) atoms. The molecule has 2 fully saturated rings. The van der Waals surface area contributed by atoms with Gasteiger partial charge in [-0.1, -0.05) is 26.7 Å². The molecule has 0 spiro atoms. The Morgan fingerprint density at radius 2 is 1.78 bits per heavy atom. The Morgan fingerprint density at radius 1 is 1.13 bits per heavy atom. The molecule has 0 amide bonds. The summed E-state index contributed by atoms with van der Waals surface area (Å²) >= 11 is 5.46. The van der Waals surface area contributed by atoms with Crippen molar-refractivity contribution in [3.05, 3.63) is 0 Å². The van der Waals surface area contributed by atoms with E-state index in [2.05, 4.69) is 17.6 Å². The molecule has 0 aromatic rings. The zero-order chi connectivity index (χ0) is 16.9. The highest BCUT2D eigenvalue weighted by Gasteiger charge is 2.28. The quantitative estimate of drug-likeness (QED) is 0.736. The number of piperidine rings is 1. The van der Waals surface area contributed by atoms with Crippen molar-refractivity contribution in [2.45, 2.75) is 70.9 Å². The maximum Gasteiger partial charge on any atom is 0.214 e. The molecule has 0 aromatic heterocycles. The van der Waals surface area contributed by atoms with E-state index in [4.69, 9.17) is 12.2 Å². The molecule has 2 unspecified atom stereocenters. The molecule has 2 atom stereocenters. The standard InChI is InChI=1S/C16H31N3O2S2/c1-3-12-23(20,21)19-10-8-14(9-11-19)17-16(22)18-15-7-5-4-6-13(15)2/h13-15H,3-12H2,1-2H3,(H2,17,18,22). The van der Waals surface area contributed by atoms with E-state index in [1.165, 1.54) is 25.7 Å². The molecule has 2 rings (SSSR count). The Morgan fingerprint density at radius 3 is 2.39 bits per heavy atom. The Kier molecular flexibility index (Phi) is 7.10. The van der Waals surface area contributed by atoms with Crippen LogP contribution in [0.1, 0.15) is 58.8 Å². The summed E-state index contributed by atoms with van der Waals surface area (Å²) in [5.74, 6) is 0.925. The second kappa shape index (κ2) is 8.62. The largest absolute Gasteiger partial charge is 0.360 e. The number of rotatable bonds is 5. The van der Waals surface area contributed by atoms with Crippen molar-refractivity contribution in [1.29, 1.82) is 0 Å². The summed E-state index contributed by atoms with van der Waals surface area (Å²) in [5.41, 5.74) is 0. The molecule has 2 aliphatic rings. The first-order chi connectivity index (χ1) is 10.9. The van der Waals surface area contributed by atoms with Crippen LogP contribution in [0.15, 0.2) is 0 Å². The van der Waals surface area contributed by atoms with E-state index in [0.29, 0.717) is 31.5 Å². The maximum atomic E-state index is 12.1. The molecule has 0 aromatic carbocycles. The summed E-state index contributed by atoms with van der Waals surface area (Å²) < 4.78 is 25.8. The molecule has 134 valence electrons. The van der Waals surface area contributed by atoms with Crippen LogP contribution in [0.5, 0.6) is 0 Å². The third kappa shape index (κ3) is 5.57. The van der Waals surface area contributed by atoms with Gasteiger partial charge in [-0.05, 0) is 50.2 Å². The number of thiocarbonyl (C=S) groups is 1.